The third-order valence-corrected chi connectivity index (χ3v) is 3.94. The first-order valence-corrected chi connectivity index (χ1v) is 8.17. The molecule has 5 nitrogen and oxygen atoms in total. The van der Waals surface area contributed by atoms with Crippen LogP contribution in [-0.4, -0.2) is 24.6 Å². The maximum absolute atomic E-state index is 12.7. The highest BCUT2D eigenvalue weighted by atomic mass is 35.5. The molecule has 0 atom stereocenters. The fraction of sp³-hybridized carbons (Fsp3) is 0.158. The first-order chi connectivity index (χ1) is 12.1. The number of rotatable bonds is 5. The predicted octanol–water partition coefficient (Wildman–Crippen LogP) is 4.55. The van der Waals surface area contributed by atoms with Gasteiger partial charge in [-0.1, -0.05) is 29.8 Å². The number of carbonyl (C=O) groups excluding carboxylic acids is 1. The van der Waals surface area contributed by atoms with Crippen LogP contribution in [0.1, 0.15) is 17.3 Å². The first-order valence-electron chi connectivity index (χ1n) is 7.79. The molecule has 0 bridgehead atoms. The summed E-state index contributed by atoms with van der Waals surface area (Å²) in [7, 11) is 1.50. The number of hydrogen-bond donors (Lipinski definition) is 1. The molecule has 6 heteroatoms. The Hall–Kier alpha value is -2.79. The number of amides is 1. The molecule has 0 fully saturated rings. The number of benzene rings is 2. The Balaban J connectivity index is 1.94. The van der Waals surface area contributed by atoms with E-state index in [0.717, 1.165) is 10.9 Å². The van der Waals surface area contributed by atoms with Crippen molar-refractivity contribution in [2.75, 3.05) is 19.0 Å². The van der Waals surface area contributed by atoms with Crippen LogP contribution in [0.5, 0.6) is 11.5 Å². The van der Waals surface area contributed by atoms with Crippen LogP contribution in [0, 0.1) is 0 Å². The minimum Gasteiger partial charge on any atom is -0.493 e. The smallest absolute Gasteiger partial charge is 0.255 e. The highest BCUT2D eigenvalue weighted by Gasteiger charge is 2.16. The lowest BCUT2D eigenvalue weighted by Crippen LogP contribution is -2.13. The lowest BCUT2D eigenvalue weighted by molar-refractivity contribution is 0.102. The quantitative estimate of drug-likeness (QED) is 0.728. The van der Waals surface area contributed by atoms with Crippen molar-refractivity contribution in [2.24, 2.45) is 0 Å². The second kappa shape index (κ2) is 7.40. The molecule has 1 N–H and O–H groups in total. The summed E-state index contributed by atoms with van der Waals surface area (Å²) >= 11 is 6.24. The second-order valence-electron chi connectivity index (χ2n) is 5.26. The zero-order chi connectivity index (χ0) is 17.8. The average Bonchev–Trinajstić information content (AvgIpc) is 2.63. The van der Waals surface area contributed by atoms with Crippen molar-refractivity contribution in [1.29, 1.82) is 0 Å². The lowest BCUT2D eigenvalue weighted by Gasteiger charge is -2.13. The van der Waals surface area contributed by atoms with Gasteiger partial charge in [-0.25, -0.2) is 0 Å². The molecular formula is C19H17ClN2O3. The fourth-order valence-corrected chi connectivity index (χ4v) is 2.80. The van der Waals surface area contributed by atoms with Crippen molar-refractivity contribution in [3.8, 4) is 11.5 Å². The maximum Gasteiger partial charge on any atom is 0.255 e. The largest absolute Gasteiger partial charge is 0.493 e. The summed E-state index contributed by atoms with van der Waals surface area (Å²) in [5.74, 6) is 0.534. The molecule has 1 heterocycles. The number of anilines is 1. The summed E-state index contributed by atoms with van der Waals surface area (Å²) in [5.41, 5.74) is 1.73. The van der Waals surface area contributed by atoms with Crippen molar-refractivity contribution in [1.82, 2.24) is 4.98 Å². The Morgan fingerprint density at radius 1 is 1.24 bits per heavy atom. The molecule has 0 spiro atoms. The molecule has 3 aromatic rings. The summed E-state index contributed by atoms with van der Waals surface area (Å²) in [6, 6.07) is 12.6. The van der Waals surface area contributed by atoms with Crippen LogP contribution < -0.4 is 14.8 Å². The van der Waals surface area contributed by atoms with Crippen LogP contribution in [0.15, 0.2) is 48.7 Å². The number of halogens is 1. The number of pyridine rings is 1. The third-order valence-electron chi connectivity index (χ3n) is 3.66. The Kier molecular flexibility index (Phi) is 5.05. The molecule has 0 radical (unpaired) electrons. The van der Waals surface area contributed by atoms with Crippen LogP contribution in [0.25, 0.3) is 10.9 Å². The van der Waals surface area contributed by atoms with Gasteiger partial charge in [-0.15, -0.1) is 0 Å². The number of nitrogens with one attached hydrogen (secondary N) is 1. The number of aromatic nitrogens is 1. The Bertz CT molecular complexity index is 922. The SMILES string of the molecule is CCOc1c(Cl)cc(C(=O)Nc2cccc3cccnc23)cc1OC. The van der Waals surface area contributed by atoms with Crippen molar-refractivity contribution in [2.45, 2.75) is 6.92 Å². The first kappa shape index (κ1) is 17.0. The number of fused-ring (bicyclic) bond motifs is 1. The molecule has 0 saturated heterocycles. The molecule has 0 saturated carbocycles. The van der Waals surface area contributed by atoms with E-state index in [0.29, 0.717) is 34.4 Å². The van der Waals surface area contributed by atoms with Crippen molar-refractivity contribution in [3.63, 3.8) is 0 Å². The summed E-state index contributed by atoms with van der Waals surface area (Å²) in [6.45, 7) is 2.30. The van der Waals surface area contributed by atoms with Gasteiger partial charge in [-0.2, -0.15) is 0 Å². The molecule has 128 valence electrons. The molecule has 0 aliphatic rings. The molecule has 3 rings (SSSR count). The van der Waals surface area contributed by atoms with E-state index in [1.54, 1.807) is 24.4 Å². The highest BCUT2D eigenvalue weighted by molar-refractivity contribution is 6.32. The van der Waals surface area contributed by atoms with Gasteiger partial charge >= 0.3 is 0 Å². The monoisotopic (exact) mass is 356 g/mol. The molecule has 1 aromatic heterocycles. The second-order valence-corrected chi connectivity index (χ2v) is 5.66. The molecule has 2 aromatic carbocycles. The lowest BCUT2D eigenvalue weighted by atomic mass is 10.1. The van der Waals surface area contributed by atoms with Gasteiger partial charge in [0.1, 0.15) is 0 Å². The zero-order valence-electron chi connectivity index (χ0n) is 13.9. The molecule has 1 amide bonds. The highest BCUT2D eigenvalue weighted by Crippen LogP contribution is 2.36. The molecule has 25 heavy (non-hydrogen) atoms. The Morgan fingerprint density at radius 3 is 2.80 bits per heavy atom. The van der Waals surface area contributed by atoms with Crippen molar-refractivity contribution >= 4 is 34.1 Å². The maximum atomic E-state index is 12.7. The molecule has 0 unspecified atom stereocenters. The van der Waals surface area contributed by atoms with Gasteiger partial charge in [0.2, 0.25) is 0 Å². The van der Waals surface area contributed by atoms with E-state index >= 15 is 0 Å². The van der Waals surface area contributed by atoms with E-state index in [4.69, 9.17) is 21.1 Å². The minimum atomic E-state index is -0.304. The fourth-order valence-electron chi connectivity index (χ4n) is 2.53. The van der Waals surface area contributed by atoms with Gasteiger partial charge < -0.3 is 14.8 Å². The Labute approximate surface area is 150 Å². The van der Waals surface area contributed by atoms with Gasteiger partial charge in [0.05, 0.1) is 29.9 Å². The standard InChI is InChI=1S/C19H17ClN2O3/c1-3-25-18-14(20)10-13(11-16(18)24-2)19(23)22-15-8-4-6-12-7-5-9-21-17(12)15/h4-11H,3H2,1-2H3,(H,22,23). The number of ether oxygens (including phenoxy) is 2. The molecule has 0 aliphatic heterocycles. The van der Waals surface area contributed by atoms with Crippen LogP contribution >= 0.6 is 11.6 Å². The van der Waals surface area contributed by atoms with Crippen LogP contribution in [0.2, 0.25) is 5.02 Å². The normalized spacial score (nSPS) is 10.5. The number of nitrogens with zero attached hydrogens (tertiary/aromatic N) is 1. The van der Waals surface area contributed by atoms with E-state index in [1.165, 1.54) is 7.11 Å². The van der Waals surface area contributed by atoms with E-state index in [1.807, 2.05) is 31.2 Å². The van der Waals surface area contributed by atoms with Gasteiger partial charge in [0.25, 0.3) is 5.91 Å². The van der Waals surface area contributed by atoms with E-state index < -0.39 is 0 Å². The summed E-state index contributed by atoms with van der Waals surface area (Å²) in [5, 5.41) is 4.14. The Morgan fingerprint density at radius 2 is 2.04 bits per heavy atom. The number of carbonyl (C=O) groups is 1. The summed E-state index contributed by atoms with van der Waals surface area (Å²) < 4.78 is 10.8. The average molecular weight is 357 g/mol. The van der Waals surface area contributed by atoms with E-state index in [-0.39, 0.29) is 5.91 Å². The van der Waals surface area contributed by atoms with Crippen LogP contribution in [-0.2, 0) is 0 Å². The number of para-hydroxylation sites is 1. The topological polar surface area (TPSA) is 60.5 Å². The van der Waals surface area contributed by atoms with Gasteiger partial charge in [-0.05, 0) is 31.2 Å². The van der Waals surface area contributed by atoms with Gasteiger partial charge in [0, 0.05) is 17.1 Å². The third kappa shape index (κ3) is 3.51. The summed E-state index contributed by atoms with van der Waals surface area (Å²) in [4.78, 5) is 17.0. The zero-order valence-corrected chi connectivity index (χ0v) is 14.6. The molecule has 0 aliphatic carbocycles. The van der Waals surface area contributed by atoms with E-state index in [9.17, 15) is 4.79 Å². The minimum absolute atomic E-state index is 0.304. The van der Waals surface area contributed by atoms with E-state index in [2.05, 4.69) is 10.3 Å². The van der Waals surface area contributed by atoms with Gasteiger partial charge in [-0.3, -0.25) is 9.78 Å². The summed E-state index contributed by atoms with van der Waals surface area (Å²) in [6.07, 6.45) is 1.69. The predicted molar refractivity (Wildman–Crippen MR) is 98.9 cm³/mol. The van der Waals surface area contributed by atoms with Crippen LogP contribution in [0.4, 0.5) is 5.69 Å². The van der Waals surface area contributed by atoms with Crippen molar-refractivity contribution < 1.29 is 14.3 Å². The van der Waals surface area contributed by atoms with Gasteiger partial charge in [0.15, 0.2) is 11.5 Å². The number of hydrogen-bond acceptors (Lipinski definition) is 4. The van der Waals surface area contributed by atoms with Crippen LogP contribution in [0.3, 0.4) is 0 Å². The number of methoxy groups -OCH3 is 1. The van der Waals surface area contributed by atoms with Crippen molar-refractivity contribution in [3.05, 3.63) is 59.2 Å². The molecular weight excluding hydrogens is 340 g/mol.